The molecular weight excluding hydrogens is 288 g/mol. The highest BCUT2D eigenvalue weighted by Gasteiger charge is 2.32. The molecule has 1 aliphatic rings. The van der Waals surface area contributed by atoms with Crippen LogP contribution in [0.1, 0.15) is 28.8 Å². The third-order valence-corrected chi connectivity index (χ3v) is 3.44. The van der Waals surface area contributed by atoms with E-state index in [-0.39, 0.29) is 11.5 Å². The lowest BCUT2D eigenvalue weighted by Crippen LogP contribution is -2.38. The first-order valence-corrected chi connectivity index (χ1v) is 6.73. The normalized spacial score (nSPS) is 19.3. The second-order valence-corrected chi connectivity index (χ2v) is 5.15. The van der Waals surface area contributed by atoms with Gasteiger partial charge in [0.1, 0.15) is 5.82 Å². The topological polar surface area (TPSA) is 41.1 Å². The Hall–Kier alpha value is -1.63. The van der Waals surface area contributed by atoms with Crippen LogP contribution in [0, 0.1) is 11.7 Å². The van der Waals surface area contributed by atoms with E-state index in [0.717, 1.165) is 32.0 Å². The van der Waals surface area contributed by atoms with E-state index in [4.69, 9.17) is 0 Å². The van der Waals surface area contributed by atoms with Crippen molar-refractivity contribution in [3.05, 3.63) is 35.1 Å². The van der Waals surface area contributed by atoms with Crippen LogP contribution in [0.25, 0.3) is 0 Å². The number of halogens is 4. The van der Waals surface area contributed by atoms with Gasteiger partial charge in [-0.1, -0.05) is 0 Å². The zero-order valence-electron chi connectivity index (χ0n) is 11.3. The molecule has 1 fully saturated rings. The number of benzene rings is 1. The van der Waals surface area contributed by atoms with Crippen molar-refractivity contribution in [2.75, 3.05) is 19.6 Å². The van der Waals surface area contributed by atoms with E-state index < -0.39 is 23.5 Å². The third kappa shape index (κ3) is 4.42. The van der Waals surface area contributed by atoms with Gasteiger partial charge in [-0.15, -0.1) is 0 Å². The molecule has 0 radical (unpaired) electrons. The summed E-state index contributed by atoms with van der Waals surface area (Å²) in [6.45, 7) is 2.06. The number of carbonyl (C=O) groups is 1. The molecule has 1 heterocycles. The number of hydrogen-bond donors (Lipinski definition) is 2. The van der Waals surface area contributed by atoms with Gasteiger partial charge in [0, 0.05) is 12.1 Å². The molecular formula is C14H16F4N2O. The van der Waals surface area contributed by atoms with Crippen molar-refractivity contribution in [1.82, 2.24) is 10.6 Å². The fourth-order valence-corrected chi connectivity index (χ4v) is 2.32. The predicted molar refractivity (Wildman–Crippen MR) is 69.3 cm³/mol. The molecule has 7 heteroatoms. The molecule has 1 saturated heterocycles. The summed E-state index contributed by atoms with van der Waals surface area (Å²) in [5, 5.41) is 5.74. The van der Waals surface area contributed by atoms with Gasteiger partial charge in [0.25, 0.3) is 5.91 Å². The maximum absolute atomic E-state index is 13.2. The molecule has 2 N–H and O–H groups in total. The van der Waals surface area contributed by atoms with Gasteiger partial charge < -0.3 is 10.6 Å². The number of amides is 1. The van der Waals surface area contributed by atoms with Gasteiger partial charge in [0.05, 0.1) is 5.56 Å². The zero-order valence-corrected chi connectivity index (χ0v) is 11.3. The van der Waals surface area contributed by atoms with E-state index in [2.05, 4.69) is 10.6 Å². The summed E-state index contributed by atoms with van der Waals surface area (Å²) < 4.78 is 51.0. The first kappa shape index (κ1) is 15.8. The fourth-order valence-electron chi connectivity index (χ4n) is 2.32. The molecule has 1 unspecified atom stereocenters. The van der Waals surface area contributed by atoms with Gasteiger partial charge >= 0.3 is 6.18 Å². The minimum atomic E-state index is -4.68. The molecule has 1 aliphatic heterocycles. The van der Waals surface area contributed by atoms with E-state index in [1.54, 1.807) is 0 Å². The molecule has 1 aromatic carbocycles. The number of piperidine rings is 1. The lowest BCUT2D eigenvalue weighted by Gasteiger charge is -2.22. The first-order chi connectivity index (χ1) is 9.86. The van der Waals surface area contributed by atoms with E-state index in [1.165, 1.54) is 0 Å². The SMILES string of the molecule is O=C(NCC1CCCNC1)c1cc(F)cc(C(F)(F)F)c1. The number of carbonyl (C=O) groups excluding carboxylic acids is 1. The maximum Gasteiger partial charge on any atom is 0.416 e. The standard InChI is InChI=1S/C14H16F4N2O/c15-12-5-10(4-11(6-12)14(16,17)18)13(21)20-8-9-2-1-3-19-7-9/h4-6,9,19H,1-3,7-8H2,(H,20,21). The number of nitrogens with one attached hydrogen (secondary N) is 2. The Balaban J connectivity index is 2.03. The van der Waals surface area contributed by atoms with E-state index >= 15 is 0 Å². The molecule has 0 aliphatic carbocycles. The number of hydrogen-bond acceptors (Lipinski definition) is 2. The molecule has 3 nitrogen and oxygen atoms in total. The number of alkyl halides is 3. The van der Waals surface area contributed by atoms with Gasteiger partial charge in [-0.2, -0.15) is 13.2 Å². The quantitative estimate of drug-likeness (QED) is 0.843. The highest BCUT2D eigenvalue weighted by atomic mass is 19.4. The second-order valence-electron chi connectivity index (χ2n) is 5.15. The molecule has 1 atom stereocenters. The van der Waals surface area contributed by atoms with Crippen LogP contribution in [-0.4, -0.2) is 25.5 Å². The summed E-state index contributed by atoms with van der Waals surface area (Å²) in [4.78, 5) is 11.9. The lowest BCUT2D eigenvalue weighted by atomic mass is 9.99. The monoisotopic (exact) mass is 304 g/mol. The van der Waals surface area contributed by atoms with Crippen LogP contribution in [0.5, 0.6) is 0 Å². The predicted octanol–water partition coefficient (Wildman–Crippen LogP) is 2.57. The molecule has 2 rings (SSSR count). The number of rotatable bonds is 3. The van der Waals surface area contributed by atoms with Crippen LogP contribution in [0.15, 0.2) is 18.2 Å². The van der Waals surface area contributed by atoms with Crippen molar-refractivity contribution in [2.45, 2.75) is 19.0 Å². The van der Waals surface area contributed by atoms with Gasteiger partial charge in [-0.3, -0.25) is 4.79 Å². The van der Waals surface area contributed by atoms with E-state index in [0.29, 0.717) is 18.7 Å². The minimum absolute atomic E-state index is 0.248. The molecule has 1 aromatic rings. The second kappa shape index (κ2) is 6.43. The van der Waals surface area contributed by atoms with E-state index in [9.17, 15) is 22.4 Å². The van der Waals surface area contributed by atoms with Gasteiger partial charge in [-0.25, -0.2) is 4.39 Å². The van der Waals surface area contributed by atoms with Crippen molar-refractivity contribution in [2.24, 2.45) is 5.92 Å². The van der Waals surface area contributed by atoms with Crippen LogP contribution in [0.2, 0.25) is 0 Å². The molecule has 0 spiro atoms. The van der Waals surface area contributed by atoms with Crippen molar-refractivity contribution in [3.8, 4) is 0 Å². The summed E-state index contributed by atoms with van der Waals surface area (Å²) in [6.07, 6.45) is -2.73. The highest BCUT2D eigenvalue weighted by molar-refractivity contribution is 5.94. The average molecular weight is 304 g/mol. The average Bonchev–Trinajstić information content (AvgIpc) is 2.44. The van der Waals surface area contributed by atoms with Crippen molar-refractivity contribution < 1.29 is 22.4 Å². The summed E-state index contributed by atoms with van der Waals surface area (Å²) in [6, 6.07) is 1.85. The third-order valence-electron chi connectivity index (χ3n) is 3.44. The Labute approximate surface area is 119 Å². The molecule has 1 amide bonds. The Morgan fingerprint density at radius 1 is 1.33 bits per heavy atom. The Morgan fingerprint density at radius 3 is 2.71 bits per heavy atom. The molecule has 0 aromatic heterocycles. The van der Waals surface area contributed by atoms with Crippen LogP contribution in [-0.2, 0) is 6.18 Å². The smallest absolute Gasteiger partial charge is 0.352 e. The fraction of sp³-hybridized carbons (Fsp3) is 0.500. The Bertz CT molecular complexity index is 510. The van der Waals surface area contributed by atoms with Crippen molar-refractivity contribution >= 4 is 5.91 Å². The zero-order chi connectivity index (χ0) is 15.5. The molecule has 116 valence electrons. The van der Waals surface area contributed by atoms with Gasteiger partial charge in [-0.05, 0) is 50.0 Å². The van der Waals surface area contributed by atoms with Crippen LogP contribution in [0.3, 0.4) is 0 Å². The minimum Gasteiger partial charge on any atom is -0.352 e. The largest absolute Gasteiger partial charge is 0.416 e. The molecule has 0 saturated carbocycles. The molecule has 0 bridgehead atoms. The van der Waals surface area contributed by atoms with Crippen LogP contribution < -0.4 is 10.6 Å². The Kier molecular flexibility index (Phi) is 4.82. The lowest BCUT2D eigenvalue weighted by molar-refractivity contribution is -0.137. The van der Waals surface area contributed by atoms with Crippen molar-refractivity contribution in [3.63, 3.8) is 0 Å². The van der Waals surface area contributed by atoms with Gasteiger partial charge in [0.15, 0.2) is 0 Å². The summed E-state index contributed by atoms with van der Waals surface area (Å²) in [7, 11) is 0. The van der Waals surface area contributed by atoms with Crippen molar-refractivity contribution in [1.29, 1.82) is 0 Å². The summed E-state index contributed by atoms with van der Waals surface area (Å²) >= 11 is 0. The summed E-state index contributed by atoms with van der Waals surface area (Å²) in [5.74, 6) is -1.52. The maximum atomic E-state index is 13.2. The Morgan fingerprint density at radius 2 is 2.10 bits per heavy atom. The van der Waals surface area contributed by atoms with Crippen LogP contribution >= 0.6 is 0 Å². The van der Waals surface area contributed by atoms with Crippen LogP contribution in [0.4, 0.5) is 17.6 Å². The van der Waals surface area contributed by atoms with Gasteiger partial charge in [0.2, 0.25) is 0 Å². The molecule has 21 heavy (non-hydrogen) atoms. The van der Waals surface area contributed by atoms with E-state index in [1.807, 2.05) is 0 Å². The summed E-state index contributed by atoms with van der Waals surface area (Å²) in [5.41, 5.74) is -1.47. The highest BCUT2D eigenvalue weighted by Crippen LogP contribution is 2.30. The first-order valence-electron chi connectivity index (χ1n) is 6.73.